The molecule has 1 heterocycles. The molecule has 0 spiro atoms. The van der Waals surface area contributed by atoms with E-state index in [2.05, 4.69) is 41.4 Å². The van der Waals surface area contributed by atoms with E-state index >= 15 is 0 Å². The normalized spacial score (nSPS) is 21.3. The van der Waals surface area contributed by atoms with Crippen molar-refractivity contribution in [2.75, 3.05) is 13.6 Å². The monoisotopic (exact) mass is 608 g/mol. The highest BCUT2D eigenvalue weighted by Gasteiger charge is 2.39. The number of nitrogens with zero attached hydrogens (tertiary/aromatic N) is 1. The number of likely N-dealkylation sites (N-methyl/N-ethyl adjacent to an activating group) is 1. The predicted octanol–water partition coefficient (Wildman–Crippen LogP) is 6.33. The summed E-state index contributed by atoms with van der Waals surface area (Å²) in [5.74, 6) is -0.0316. The summed E-state index contributed by atoms with van der Waals surface area (Å²) in [6, 6.07) is 33.9. The maximum Gasteiger partial charge on any atom is 0.217 e. The van der Waals surface area contributed by atoms with Crippen LogP contribution in [0.3, 0.4) is 0 Å². The van der Waals surface area contributed by atoms with Crippen LogP contribution in [0.5, 0.6) is 0 Å². The highest BCUT2D eigenvalue weighted by molar-refractivity contribution is 5.73. The Kier molecular flexibility index (Phi) is 10.8. The quantitative estimate of drug-likeness (QED) is 0.184. The number of amides is 1. The summed E-state index contributed by atoms with van der Waals surface area (Å²) in [5, 5.41) is 23.5. The van der Waals surface area contributed by atoms with E-state index in [1.807, 2.05) is 92.8 Å². The summed E-state index contributed by atoms with van der Waals surface area (Å²) in [6.07, 6.45) is -1.62. The Bertz CT molecular complexity index is 1530. The van der Waals surface area contributed by atoms with Gasteiger partial charge in [-0.3, -0.25) is 9.69 Å². The third-order valence-corrected chi connectivity index (χ3v) is 8.87. The van der Waals surface area contributed by atoms with Gasteiger partial charge in [-0.25, -0.2) is 0 Å². The number of nitrogens with one attached hydrogen (secondary N) is 1. The molecule has 6 atom stereocenters. The molecule has 0 radical (unpaired) electrons. The molecule has 7 nitrogen and oxygen atoms in total. The minimum absolute atomic E-state index is 0.00929. The summed E-state index contributed by atoms with van der Waals surface area (Å²) in [6.45, 7) is 6.79. The molecule has 1 fully saturated rings. The Morgan fingerprint density at radius 3 is 2.22 bits per heavy atom. The molecule has 1 saturated heterocycles. The van der Waals surface area contributed by atoms with Crippen LogP contribution in [-0.4, -0.2) is 46.8 Å². The average Bonchev–Trinajstić information content (AvgIpc) is 3.08. The lowest BCUT2D eigenvalue weighted by molar-refractivity contribution is -0.276. The van der Waals surface area contributed by atoms with E-state index in [0.717, 1.165) is 38.9 Å². The number of carbonyl (C=O) groups is 1. The van der Waals surface area contributed by atoms with Crippen molar-refractivity contribution in [2.24, 2.45) is 5.92 Å². The summed E-state index contributed by atoms with van der Waals surface area (Å²) < 4.78 is 13.3. The van der Waals surface area contributed by atoms with Crippen molar-refractivity contribution in [2.45, 2.75) is 64.6 Å². The lowest BCUT2D eigenvalue weighted by Gasteiger charge is -2.43. The Balaban J connectivity index is 1.37. The molecule has 1 amide bonds. The molecule has 7 heteroatoms. The molecule has 1 aliphatic heterocycles. The van der Waals surface area contributed by atoms with Crippen molar-refractivity contribution in [1.82, 2.24) is 10.2 Å². The number of hydrogen-bond acceptors (Lipinski definition) is 6. The molecule has 0 aromatic heterocycles. The number of hydrogen-bond donors (Lipinski definition) is 3. The zero-order valence-electron chi connectivity index (χ0n) is 26.5. The zero-order chi connectivity index (χ0) is 31.9. The average molecular weight is 609 g/mol. The number of benzene rings is 4. The summed E-state index contributed by atoms with van der Waals surface area (Å²) >= 11 is 0. The second-order valence-electron chi connectivity index (χ2n) is 12.1. The second kappa shape index (κ2) is 15.0. The maximum absolute atomic E-state index is 11.4. The van der Waals surface area contributed by atoms with Crippen molar-refractivity contribution < 1.29 is 24.5 Å². The minimum atomic E-state index is -0.631. The molecule has 0 bridgehead atoms. The maximum atomic E-state index is 11.4. The molecule has 3 N–H and O–H groups in total. The van der Waals surface area contributed by atoms with E-state index in [1.165, 1.54) is 6.92 Å². The van der Waals surface area contributed by atoms with Crippen molar-refractivity contribution in [3.63, 3.8) is 0 Å². The highest BCUT2D eigenvalue weighted by atomic mass is 16.7. The molecular formula is C38H44N2O5. The SMILES string of the molecule is CC(=O)NCc1cccc(-c2ccc([C@@H]3O[C@H](CN(C)[C@H](C)[C@@H](O)c4ccccc4)[C@H](C)[C@H](c4ccc(CO)cc4)O3)cc2)c1. The third-order valence-electron chi connectivity index (χ3n) is 8.87. The number of rotatable bonds is 11. The van der Waals surface area contributed by atoms with Crippen LogP contribution in [0, 0.1) is 5.92 Å². The second-order valence-corrected chi connectivity index (χ2v) is 12.1. The fourth-order valence-corrected chi connectivity index (χ4v) is 5.87. The third kappa shape index (κ3) is 8.06. The summed E-state index contributed by atoms with van der Waals surface area (Å²) in [4.78, 5) is 13.5. The number of aliphatic hydroxyl groups is 2. The molecule has 0 unspecified atom stereocenters. The van der Waals surface area contributed by atoms with Crippen LogP contribution in [0.15, 0.2) is 103 Å². The van der Waals surface area contributed by atoms with E-state index in [1.54, 1.807) is 0 Å². The van der Waals surface area contributed by atoms with Crippen LogP contribution >= 0.6 is 0 Å². The van der Waals surface area contributed by atoms with Gasteiger partial charge in [-0.2, -0.15) is 0 Å². The number of ether oxygens (including phenoxy) is 2. The van der Waals surface area contributed by atoms with Crippen LogP contribution in [0.1, 0.15) is 67.1 Å². The van der Waals surface area contributed by atoms with Crippen LogP contribution in [0.25, 0.3) is 11.1 Å². The predicted molar refractivity (Wildman–Crippen MR) is 176 cm³/mol. The first-order chi connectivity index (χ1) is 21.7. The van der Waals surface area contributed by atoms with Crippen LogP contribution in [0.2, 0.25) is 0 Å². The molecule has 236 valence electrons. The lowest BCUT2D eigenvalue weighted by Crippen LogP contribution is -2.46. The number of aliphatic hydroxyl groups excluding tert-OH is 2. The van der Waals surface area contributed by atoms with Crippen LogP contribution in [-0.2, 0) is 27.4 Å². The van der Waals surface area contributed by atoms with Gasteiger partial charge in [0.15, 0.2) is 6.29 Å². The molecule has 4 aromatic rings. The van der Waals surface area contributed by atoms with Crippen molar-refractivity contribution >= 4 is 5.91 Å². The highest BCUT2D eigenvalue weighted by Crippen LogP contribution is 2.42. The van der Waals surface area contributed by atoms with Gasteiger partial charge in [-0.05, 0) is 53.4 Å². The first-order valence-corrected chi connectivity index (χ1v) is 15.6. The van der Waals surface area contributed by atoms with Gasteiger partial charge in [0.05, 0.1) is 24.9 Å². The van der Waals surface area contributed by atoms with Gasteiger partial charge < -0.3 is 25.0 Å². The van der Waals surface area contributed by atoms with Gasteiger partial charge in [-0.15, -0.1) is 0 Å². The van der Waals surface area contributed by atoms with Crippen molar-refractivity contribution in [1.29, 1.82) is 0 Å². The van der Waals surface area contributed by atoms with Gasteiger partial charge in [0.25, 0.3) is 0 Å². The van der Waals surface area contributed by atoms with E-state index in [4.69, 9.17) is 9.47 Å². The zero-order valence-corrected chi connectivity index (χ0v) is 26.5. The Morgan fingerprint density at radius 2 is 1.56 bits per heavy atom. The Morgan fingerprint density at radius 1 is 0.867 bits per heavy atom. The van der Waals surface area contributed by atoms with Gasteiger partial charge in [0, 0.05) is 37.5 Å². The van der Waals surface area contributed by atoms with E-state index < -0.39 is 12.4 Å². The topological polar surface area (TPSA) is 91.3 Å². The standard InChI is InChI=1S/C38H44N2O5/c1-25-35(23-40(4)26(2)36(43)31-10-6-5-7-11-31)44-38(45-37(25)32-15-13-28(24-41)14-16-32)33-19-17-30(18-20-33)34-12-8-9-29(21-34)22-39-27(3)42/h5-21,25-26,35-38,41,43H,22-24H2,1-4H3,(H,39,42)/t25-,26+,35+,36+,37+,38+/m0/s1. The molecular weight excluding hydrogens is 564 g/mol. The smallest absolute Gasteiger partial charge is 0.217 e. The van der Waals surface area contributed by atoms with Crippen LogP contribution in [0.4, 0.5) is 0 Å². The number of carbonyl (C=O) groups excluding carboxylic acids is 1. The Labute approximate surface area is 266 Å². The molecule has 45 heavy (non-hydrogen) atoms. The lowest BCUT2D eigenvalue weighted by atomic mass is 9.89. The van der Waals surface area contributed by atoms with Gasteiger partial charge in [0.1, 0.15) is 0 Å². The van der Waals surface area contributed by atoms with Gasteiger partial charge in [-0.1, -0.05) is 104 Å². The summed E-state index contributed by atoms with van der Waals surface area (Å²) in [5.41, 5.74) is 6.85. The molecule has 5 rings (SSSR count). The first kappa shape index (κ1) is 32.5. The Hall–Kier alpha value is -3.85. The largest absolute Gasteiger partial charge is 0.392 e. The molecule has 0 saturated carbocycles. The van der Waals surface area contributed by atoms with E-state index in [0.29, 0.717) is 13.1 Å². The van der Waals surface area contributed by atoms with Crippen LogP contribution < -0.4 is 5.32 Å². The molecule has 0 aliphatic carbocycles. The minimum Gasteiger partial charge on any atom is -0.392 e. The molecule has 4 aromatic carbocycles. The molecule has 1 aliphatic rings. The van der Waals surface area contributed by atoms with Crippen molar-refractivity contribution in [3.8, 4) is 11.1 Å². The van der Waals surface area contributed by atoms with Gasteiger partial charge >= 0.3 is 0 Å². The summed E-state index contributed by atoms with van der Waals surface area (Å²) in [7, 11) is 2.03. The fourth-order valence-electron chi connectivity index (χ4n) is 5.87. The van der Waals surface area contributed by atoms with Crippen molar-refractivity contribution in [3.05, 3.63) is 131 Å². The van der Waals surface area contributed by atoms with Gasteiger partial charge in [0.2, 0.25) is 5.91 Å². The first-order valence-electron chi connectivity index (χ1n) is 15.6. The van der Waals surface area contributed by atoms with E-state index in [9.17, 15) is 15.0 Å². The van der Waals surface area contributed by atoms with E-state index in [-0.39, 0.29) is 36.7 Å². The fraction of sp³-hybridized carbons (Fsp3) is 0.342.